The van der Waals surface area contributed by atoms with Gasteiger partial charge in [-0.3, -0.25) is 0 Å². The molecule has 0 aliphatic carbocycles. The minimum Gasteiger partial charge on any atom is -0.497 e. The van der Waals surface area contributed by atoms with Crippen molar-refractivity contribution in [2.75, 3.05) is 32.4 Å². The van der Waals surface area contributed by atoms with Crippen molar-refractivity contribution in [1.82, 2.24) is 0 Å². The Morgan fingerprint density at radius 3 is 2.25 bits per heavy atom. The van der Waals surface area contributed by atoms with Crippen molar-refractivity contribution >= 4 is 17.1 Å². The number of rotatable bonds is 5. The van der Waals surface area contributed by atoms with E-state index in [2.05, 4.69) is 5.32 Å². The summed E-state index contributed by atoms with van der Waals surface area (Å²) in [4.78, 5) is 0. The van der Waals surface area contributed by atoms with Crippen LogP contribution in [0.4, 0.5) is 17.1 Å². The van der Waals surface area contributed by atoms with Gasteiger partial charge in [-0.15, -0.1) is 0 Å². The van der Waals surface area contributed by atoms with E-state index >= 15 is 0 Å². The van der Waals surface area contributed by atoms with Crippen LogP contribution in [0.1, 0.15) is 0 Å². The second kappa shape index (κ2) is 6.06. The fourth-order valence-electron chi connectivity index (χ4n) is 1.84. The van der Waals surface area contributed by atoms with Gasteiger partial charge < -0.3 is 25.3 Å². The molecule has 0 radical (unpaired) electrons. The van der Waals surface area contributed by atoms with E-state index in [1.165, 1.54) is 0 Å². The molecule has 20 heavy (non-hydrogen) atoms. The molecule has 5 heteroatoms. The molecule has 0 aliphatic heterocycles. The number of anilines is 3. The molecule has 0 bridgehead atoms. The summed E-state index contributed by atoms with van der Waals surface area (Å²) in [7, 11) is 4.82. The molecule has 106 valence electrons. The van der Waals surface area contributed by atoms with Gasteiger partial charge in [-0.2, -0.15) is 0 Å². The summed E-state index contributed by atoms with van der Waals surface area (Å²) in [6.45, 7) is 0. The quantitative estimate of drug-likeness (QED) is 0.820. The van der Waals surface area contributed by atoms with E-state index in [0.29, 0.717) is 17.2 Å². The van der Waals surface area contributed by atoms with Gasteiger partial charge in [0.15, 0.2) is 11.5 Å². The molecule has 2 rings (SSSR count). The summed E-state index contributed by atoms with van der Waals surface area (Å²) in [6.07, 6.45) is 0. The smallest absolute Gasteiger partial charge is 0.162 e. The van der Waals surface area contributed by atoms with Crippen LogP contribution >= 0.6 is 0 Å². The summed E-state index contributed by atoms with van der Waals surface area (Å²) in [5.41, 5.74) is 8.21. The summed E-state index contributed by atoms with van der Waals surface area (Å²) >= 11 is 0. The highest BCUT2D eigenvalue weighted by Gasteiger charge is 2.07. The monoisotopic (exact) mass is 274 g/mol. The predicted octanol–water partition coefficient (Wildman–Crippen LogP) is 3.04. The van der Waals surface area contributed by atoms with Gasteiger partial charge in [-0.25, -0.2) is 0 Å². The zero-order valence-electron chi connectivity index (χ0n) is 11.8. The lowest BCUT2D eigenvalue weighted by molar-refractivity contribution is 0.355. The average Bonchev–Trinajstić information content (AvgIpc) is 2.49. The van der Waals surface area contributed by atoms with Crippen molar-refractivity contribution in [1.29, 1.82) is 0 Å². The van der Waals surface area contributed by atoms with Crippen molar-refractivity contribution in [3.8, 4) is 17.2 Å². The van der Waals surface area contributed by atoms with E-state index in [0.717, 1.165) is 17.1 Å². The Bertz CT molecular complexity index is 600. The predicted molar refractivity (Wildman–Crippen MR) is 80.2 cm³/mol. The Labute approximate surface area is 118 Å². The van der Waals surface area contributed by atoms with E-state index in [9.17, 15) is 0 Å². The highest BCUT2D eigenvalue weighted by atomic mass is 16.5. The highest BCUT2D eigenvalue weighted by Crippen LogP contribution is 2.33. The minimum absolute atomic E-state index is 0.639. The second-order valence-corrected chi connectivity index (χ2v) is 4.15. The van der Waals surface area contributed by atoms with Crippen molar-refractivity contribution in [3.63, 3.8) is 0 Å². The lowest BCUT2D eigenvalue weighted by Crippen LogP contribution is -1.98. The van der Waals surface area contributed by atoms with Crippen LogP contribution in [0.25, 0.3) is 0 Å². The molecule has 2 aromatic rings. The van der Waals surface area contributed by atoms with Crippen molar-refractivity contribution in [2.45, 2.75) is 0 Å². The van der Waals surface area contributed by atoms with Gasteiger partial charge in [0.2, 0.25) is 0 Å². The summed E-state index contributed by atoms with van der Waals surface area (Å²) < 4.78 is 15.7. The first kappa shape index (κ1) is 13.9. The van der Waals surface area contributed by atoms with E-state index in [4.69, 9.17) is 19.9 Å². The third kappa shape index (κ3) is 2.88. The number of hydrogen-bond donors (Lipinski definition) is 2. The van der Waals surface area contributed by atoms with Crippen LogP contribution in [-0.2, 0) is 0 Å². The number of nitrogens with one attached hydrogen (secondary N) is 1. The molecule has 0 saturated heterocycles. The lowest BCUT2D eigenvalue weighted by Gasteiger charge is -2.13. The van der Waals surface area contributed by atoms with Crippen LogP contribution in [0.15, 0.2) is 36.4 Å². The van der Waals surface area contributed by atoms with Crippen LogP contribution in [0.3, 0.4) is 0 Å². The zero-order valence-corrected chi connectivity index (χ0v) is 11.8. The number of nitrogens with two attached hydrogens (primary N) is 1. The molecule has 5 nitrogen and oxygen atoms in total. The maximum absolute atomic E-state index is 5.94. The lowest BCUT2D eigenvalue weighted by atomic mass is 10.2. The topological polar surface area (TPSA) is 65.7 Å². The minimum atomic E-state index is 0.639. The molecule has 3 N–H and O–H groups in total. The Kier molecular flexibility index (Phi) is 4.20. The van der Waals surface area contributed by atoms with E-state index in [-0.39, 0.29) is 0 Å². The van der Waals surface area contributed by atoms with Crippen LogP contribution < -0.4 is 25.3 Å². The van der Waals surface area contributed by atoms with Gasteiger partial charge in [0.05, 0.1) is 32.7 Å². The van der Waals surface area contributed by atoms with Gasteiger partial charge >= 0.3 is 0 Å². The number of nitrogen functional groups attached to an aromatic ring is 1. The molecule has 0 atom stereocenters. The first-order valence-corrected chi connectivity index (χ1v) is 6.10. The normalized spacial score (nSPS) is 9.95. The first-order chi connectivity index (χ1) is 9.67. The van der Waals surface area contributed by atoms with Gasteiger partial charge in [-0.1, -0.05) is 0 Å². The van der Waals surface area contributed by atoms with Crippen molar-refractivity contribution < 1.29 is 14.2 Å². The van der Waals surface area contributed by atoms with Gasteiger partial charge in [0.1, 0.15) is 5.75 Å². The average molecular weight is 274 g/mol. The van der Waals surface area contributed by atoms with E-state index in [1.807, 2.05) is 30.3 Å². The molecule has 0 saturated carbocycles. The molecule has 2 aromatic carbocycles. The Morgan fingerprint density at radius 1 is 0.850 bits per heavy atom. The molecule has 0 aliphatic rings. The number of ether oxygens (including phenoxy) is 3. The number of hydrogen-bond acceptors (Lipinski definition) is 5. The summed E-state index contributed by atoms with van der Waals surface area (Å²) in [5, 5.41) is 3.23. The molecule has 0 spiro atoms. The molecular formula is C15H18N2O3. The van der Waals surface area contributed by atoms with Crippen molar-refractivity contribution in [3.05, 3.63) is 36.4 Å². The van der Waals surface area contributed by atoms with Crippen LogP contribution in [-0.4, -0.2) is 21.3 Å². The maximum atomic E-state index is 5.94. The third-order valence-electron chi connectivity index (χ3n) is 2.92. The molecule has 0 fully saturated rings. The van der Waals surface area contributed by atoms with Crippen LogP contribution in [0.2, 0.25) is 0 Å². The number of benzene rings is 2. The second-order valence-electron chi connectivity index (χ2n) is 4.15. The van der Waals surface area contributed by atoms with Crippen LogP contribution in [0, 0.1) is 0 Å². The molecule has 0 heterocycles. The molecule has 0 amide bonds. The van der Waals surface area contributed by atoms with E-state index < -0.39 is 0 Å². The number of methoxy groups -OCH3 is 3. The van der Waals surface area contributed by atoms with Crippen molar-refractivity contribution in [2.24, 2.45) is 0 Å². The standard InChI is InChI=1S/C15H18N2O3/c1-18-11-5-6-12(16)13(9-11)17-10-4-7-14(19-2)15(8-10)20-3/h4-9,17H,16H2,1-3H3. The summed E-state index contributed by atoms with van der Waals surface area (Å²) in [6, 6.07) is 11.0. The van der Waals surface area contributed by atoms with Gasteiger partial charge in [0.25, 0.3) is 0 Å². The molecular weight excluding hydrogens is 256 g/mol. The maximum Gasteiger partial charge on any atom is 0.162 e. The Hall–Kier alpha value is -2.56. The summed E-state index contributed by atoms with van der Waals surface area (Å²) in [5.74, 6) is 2.07. The third-order valence-corrected chi connectivity index (χ3v) is 2.92. The fraction of sp³-hybridized carbons (Fsp3) is 0.200. The molecule has 0 unspecified atom stereocenters. The zero-order chi connectivity index (χ0) is 14.5. The van der Waals surface area contributed by atoms with Gasteiger partial charge in [0, 0.05) is 17.8 Å². The van der Waals surface area contributed by atoms with Gasteiger partial charge in [-0.05, 0) is 24.3 Å². The Morgan fingerprint density at radius 2 is 1.60 bits per heavy atom. The molecule has 0 aromatic heterocycles. The first-order valence-electron chi connectivity index (χ1n) is 6.10. The largest absolute Gasteiger partial charge is 0.497 e. The highest BCUT2D eigenvalue weighted by molar-refractivity contribution is 5.75. The van der Waals surface area contributed by atoms with Crippen LogP contribution in [0.5, 0.6) is 17.2 Å². The van der Waals surface area contributed by atoms with E-state index in [1.54, 1.807) is 27.4 Å². The SMILES string of the molecule is COc1ccc(N)c(Nc2ccc(OC)c(OC)c2)c1. The Balaban J connectivity index is 2.30. The fourth-order valence-corrected chi connectivity index (χ4v) is 1.84.